The van der Waals surface area contributed by atoms with Gasteiger partial charge in [-0.3, -0.25) is 14.9 Å². The van der Waals surface area contributed by atoms with Gasteiger partial charge < -0.3 is 10.1 Å². The van der Waals surface area contributed by atoms with E-state index in [1.807, 2.05) is 54.6 Å². The van der Waals surface area contributed by atoms with E-state index in [1.165, 1.54) is 22.9 Å². The molecule has 160 valence electrons. The average molecular weight is 428 g/mol. The minimum Gasteiger partial charge on any atom is -0.471 e. The highest BCUT2D eigenvalue weighted by Crippen LogP contribution is 2.23. The molecule has 3 aromatic carbocycles. The number of benzene rings is 3. The maximum atomic E-state index is 12.5. The first-order valence-corrected chi connectivity index (χ1v) is 9.88. The Labute approximate surface area is 184 Å². The number of aryl methyl sites for hydroxylation is 1. The topological polar surface area (TPSA) is 99.3 Å². The molecule has 1 amide bonds. The molecule has 0 bridgehead atoms. The first kappa shape index (κ1) is 20.8. The number of ether oxygens (including phenoxy) is 1. The third-order valence-electron chi connectivity index (χ3n) is 4.87. The SMILES string of the molecule is Cc1cc([N+](=O)[O-])ccc1NC(=O)c1ccn(COc2ccc(-c3ccccc3)cc2)n1. The molecule has 0 aliphatic carbocycles. The smallest absolute Gasteiger partial charge is 0.276 e. The van der Waals surface area contributed by atoms with Crippen molar-refractivity contribution in [1.29, 1.82) is 0 Å². The lowest BCUT2D eigenvalue weighted by Gasteiger charge is -2.08. The van der Waals surface area contributed by atoms with Gasteiger partial charge in [-0.25, -0.2) is 4.68 Å². The van der Waals surface area contributed by atoms with Crippen LogP contribution >= 0.6 is 0 Å². The van der Waals surface area contributed by atoms with Crippen LogP contribution < -0.4 is 10.1 Å². The van der Waals surface area contributed by atoms with Crippen LogP contribution in [-0.2, 0) is 6.73 Å². The van der Waals surface area contributed by atoms with Crippen LogP contribution in [0.15, 0.2) is 85.1 Å². The van der Waals surface area contributed by atoms with Gasteiger partial charge in [0.15, 0.2) is 12.4 Å². The third-order valence-corrected chi connectivity index (χ3v) is 4.87. The first-order chi connectivity index (χ1) is 15.5. The van der Waals surface area contributed by atoms with E-state index in [4.69, 9.17) is 4.74 Å². The monoisotopic (exact) mass is 428 g/mol. The molecule has 0 aliphatic rings. The van der Waals surface area contributed by atoms with Gasteiger partial charge >= 0.3 is 0 Å². The minimum atomic E-state index is -0.477. The molecule has 32 heavy (non-hydrogen) atoms. The lowest BCUT2D eigenvalue weighted by molar-refractivity contribution is -0.384. The Balaban J connectivity index is 1.35. The second kappa shape index (κ2) is 9.13. The van der Waals surface area contributed by atoms with Crippen molar-refractivity contribution in [3.63, 3.8) is 0 Å². The highest BCUT2D eigenvalue weighted by atomic mass is 16.6. The van der Waals surface area contributed by atoms with Crippen LogP contribution in [0.1, 0.15) is 16.1 Å². The molecule has 0 radical (unpaired) electrons. The Hall–Kier alpha value is -4.46. The zero-order valence-corrected chi connectivity index (χ0v) is 17.3. The van der Waals surface area contributed by atoms with Gasteiger partial charge in [0.25, 0.3) is 11.6 Å². The van der Waals surface area contributed by atoms with E-state index in [0.717, 1.165) is 11.1 Å². The van der Waals surface area contributed by atoms with Crippen LogP contribution in [0, 0.1) is 17.0 Å². The summed E-state index contributed by atoms with van der Waals surface area (Å²) in [7, 11) is 0. The number of nitrogens with zero attached hydrogens (tertiary/aromatic N) is 3. The second-order valence-electron chi connectivity index (χ2n) is 7.11. The van der Waals surface area contributed by atoms with Crippen molar-refractivity contribution >= 4 is 17.3 Å². The van der Waals surface area contributed by atoms with Crippen LogP contribution in [0.4, 0.5) is 11.4 Å². The average Bonchev–Trinajstić information content (AvgIpc) is 3.29. The number of carbonyl (C=O) groups is 1. The molecule has 0 atom stereocenters. The maximum absolute atomic E-state index is 12.5. The largest absolute Gasteiger partial charge is 0.471 e. The van der Waals surface area contributed by atoms with Crippen LogP contribution in [0.3, 0.4) is 0 Å². The summed E-state index contributed by atoms with van der Waals surface area (Å²) in [6.45, 7) is 1.84. The van der Waals surface area contributed by atoms with Gasteiger partial charge in [0, 0.05) is 24.0 Å². The summed E-state index contributed by atoms with van der Waals surface area (Å²) in [6.07, 6.45) is 1.65. The van der Waals surface area contributed by atoms with Gasteiger partial charge in [-0.2, -0.15) is 5.10 Å². The van der Waals surface area contributed by atoms with E-state index in [1.54, 1.807) is 19.2 Å². The van der Waals surface area contributed by atoms with Crippen molar-refractivity contribution < 1.29 is 14.5 Å². The molecule has 0 saturated heterocycles. The zero-order chi connectivity index (χ0) is 22.5. The fraction of sp³-hybridized carbons (Fsp3) is 0.0833. The standard InChI is InChI=1S/C24H20N4O4/c1-17-15-20(28(30)31)9-12-22(17)25-24(29)23-13-14-27(26-23)16-32-21-10-7-19(8-11-21)18-5-3-2-4-6-18/h2-15H,16H2,1H3,(H,25,29). The van der Waals surface area contributed by atoms with Gasteiger partial charge in [-0.15, -0.1) is 0 Å². The highest BCUT2D eigenvalue weighted by Gasteiger charge is 2.13. The summed E-state index contributed by atoms with van der Waals surface area (Å²) < 4.78 is 7.27. The lowest BCUT2D eigenvalue weighted by Crippen LogP contribution is -2.15. The van der Waals surface area contributed by atoms with E-state index in [2.05, 4.69) is 10.4 Å². The number of hydrogen-bond donors (Lipinski definition) is 1. The Morgan fingerprint density at radius 2 is 1.75 bits per heavy atom. The second-order valence-corrected chi connectivity index (χ2v) is 7.11. The number of carbonyl (C=O) groups excluding carboxylic acids is 1. The minimum absolute atomic E-state index is 0.0290. The van der Waals surface area contributed by atoms with E-state index in [-0.39, 0.29) is 18.1 Å². The van der Waals surface area contributed by atoms with Crippen molar-refractivity contribution in [2.24, 2.45) is 0 Å². The molecule has 1 heterocycles. The van der Waals surface area contributed by atoms with Gasteiger partial charge in [-0.1, -0.05) is 42.5 Å². The molecular weight excluding hydrogens is 408 g/mol. The molecule has 8 nitrogen and oxygen atoms in total. The van der Waals surface area contributed by atoms with Crippen molar-refractivity contribution in [1.82, 2.24) is 9.78 Å². The summed E-state index contributed by atoms with van der Waals surface area (Å²) in [6, 6.07) is 23.6. The first-order valence-electron chi connectivity index (χ1n) is 9.88. The molecule has 0 aliphatic heterocycles. The molecule has 0 fully saturated rings. The number of hydrogen-bond acceptors (Lipinski definition) is 5. The van der Waals surface area contributed by atoms with Gasteiger partial charge in [-0.05, 0) is 47.9 Å². The summed E-state index contributed by atoms with van der Waals surface area (Å²) in [5, 5.41) is 17.8. The summed E-state index contributed by atoms with van der Waals surface area (Å²) in [4.78, 5) is 22.9. The number of rotatable bonds is 7. The van der Waals surface area contributed by atoms with Crippen LogP contribution in [0.2, 0.25) is 0 Å². The number of aromatic nitrogens is 2. The maximum Gasteiger partial charge on any atom is 0.276 e. The van der Waals surface area contributed by atoms with E-state index in [9.17, 15) is 14.9 Å². The van der Waals surface area contributed by atoms with E-state index in [0.29, 0.717) is 17.0 Å². The summed E-state index contributed by atoms with van der Waals surface area (Å²) in [5.74, 6) is 0.278. The molecule has 1 aromatic heterocycles. The fourth-order valence-corrected chi connectivity index (χ4v) is 3.16. The quantitative estimate of drug-likeness (QED) is 0.328. The molecule has 4 aromatic rings. The third kappa shape index (κ3) is 4.81. The Bertz CT molecular complexity index is 1250. The molecule has 8 heteroatoms. The molecular formula is C24H20N4O4. The Kier molecular flexibility index (Phi) is 5.94. The van der Waals surface area contributed by atoms with Crippen molar-refractivity contribution in [2.45, 2.75) is 13.7 Å². The highest BCUT2D eigenvalue weighted by molar-refractivity contribution is 6.03. The number of nitrogens with one attached hydrogen (secondary N) is 1. The zero-order valence-electron chi connectivity index (χ0n) is 17.3. The number of nitro groups is 1. The Morgan fingerprint density at radius 3 is 2.44 bits per heavy atom. The van der Waals surface area contributed by atoms with Gasteiger partial charge in [0.1, 0.15) is 5.75 Å². The fourth-order valence-electron chi connectivity index (χ4n) is 3.16. The number of anilines is 1. The van der Waals surface area contributed by atoms with Crippen LogP contribution in [0.5, 0.6) is 5.75 Å². The molecule has 0 spiro atoms. The van der Waals surface area contributed by atoms with Gasteiger partial charge in [0.2, 0.25) is 0 Å². The van der Waals surface area contributed by atoms with Crippen LogP contribution in [-0.4, -0.2) is 20.6 Å². The lowest BCUT2D eigenvalue weighted by atomic mass is 10.1. The van der Waals surface area contributed by atoms with Crippen molar-refractivity contribution in [3.8, 4) is 16.9 Å². The van der Waals surface area contributed by atoms with Gasteiger partial charge in [0.05, 0.1) is 4.92 Å². The number of nitro benzene ring substituents is 1. The van der Waals surface area contributed by atoms with E-state index < -0.39 is 10.8 Å². The van der Waals surface area contributed by atoms with E-state index >= 15 is 0 Å². The summed E-state index contributed by atoms with van der Waals surface area (Å²) >= 11 is 0. The molecule has 4 rings (SSSR count). The number of amides is 1. The number of non-ortho nitro benzene ring substituents is 1. The Morgan fingerprint density at radius 1 is 1.03 bits per heavy atom. The normalized spacial score (nSPS) is 10.5. The van der Waals surface area contributed by atoms with Crippen LogP contribution in [0.25, 0.3) is 11.1 Å². The van der Waals surface area contributed by atoms with Crippen molar-refractivity contribution in [2.75, 3.05) is 5.32 Å². The van der Waals surface area contributed by atoms with Crippen molar-refractivity contribution in [3.05, 3.63) is 106 Å². The predicted octanol–water partition coefficient (Wildman–Crippen LogP) is 5.06. The predicted molar refractivity (Wildman–Crippen MR) is 121 cm³/mol. The summed E-state index contributed by atoms with van der Waals surface area (Å²) in [5.41, 5.74) is 3.49. The molecule has 0 saturated carbocycles. The molecule has 1 N–H and O–H groups in total. The molecule has 0 unspecified atom stereocenters.